The molecule has 0 bridgehead atoms. The molecule has 35 heavy (non-hydrogen) atoms. The monoisotopic (exact) mass is 486 g/mol. The zero-order valence-corrected chi connectivity index (χ0v) is 22.2. The Hall–Kier alpha value is -2.56. The molecule has 1 aromatic carbocycles. The van der Waals surface area contributed by atoms with E-state index >= 15 is 0 Å². The molecule has 1 atom stereocenters. The fourth-order valence-corrected chi connectivity index (χ4v) is 3.83. The van der Waals surface area contributed by atoms with Gasteiger partial charge < -0.3 is 14.2 Å². The van der Waals surface area contributed by atoms with Crippen LogP contribution in [-0.2, 0) is 19.1 Å². The average Bonchev–Trinajstić information content (AvgIpc) is 2.86. The van der Waals surface area contributed by atoms with Gasteiger partial charge in [-0.05, 0) is 55.9 Å². The molecule has 1 unspecified atom stereocenters. The summed E-state index contributed by atoms with van der Waals surface area (Å²) in [5, 5.41) is 0. The number of unbranched alkanes of at least 4 members (excludes halogenated alkanes) is 8. The molecule has 0 N–H and O–H groups in total. The van der Waals surface area contributed by atoms with E-state index in [1.807, 2.05) is 24.3 Å². The summed E-state index contributed by atoms with van der Waals surface area (Å²) in [6, 6.07) is 7.66. The topological polar surface area (TPSA) is 61.8 Å². The minimum atomic E-state index is -0.369. The van der Waals surface area contributed by atoms with Crippen LogP contribution in [0.3, 0.4) is 0 Å². The second kappa shape index (κ2) is 19.7. The molecule has 1 rings (SSSR count). The predicted octanol–water partition coefficient (Wildman–Crippen LogP) is 7.69. The number of methoxy groups -OCH3 is 1. The van der Waals surface area contributed by atoms with Gasteiger partial charge in [0.2, 0.25) is 0 Å². The van der Waals surface area contributed by atoms with Crippen molar-refractivity contribution < 1.29 is 23.8 Å². The van der Waals surface area contributed by atoms with Gasteiger partial charge in [-0.15, -0.1) is 0 Å². The summed E-state index contributed by atoms with van der Waals surface area (Å²) < 4.78 is 15.9. The van der Waals surface area contributed by atoms with Crippen molar-refractivity contribution in [2.24, 2.45) is 5.92 Å². The van der Waals surface area contributed by atoms with Crippen LogP contribution in [0.15, 0.2) is 42.5 Å². The largest absolute Gasteiger partial charge is 0.494 e. The van der Waals surface area contributed by atoms with Crippen molar-refractivity contribution in [1.82, 2.24) is 0 Å². The van der Waals surface area contributed by atoms with Crippen molar-refractivity contribution in [2.45, 2.75) is 90.9 Å². The summed E-state index contributed by atoms with van der Waals surface area (Å²) in [6.45, 7) is 8.81. The molecular weight excluding hydrogens is 440 g/mol. The highest BCUT2D eigenvalue weighted by Crippen LogP contribution is 2.20. The Balaban J connectivity index is 2.24. The SMILES string of the molecule is C=C(C)C(=O)OCC(CCCCCCCC)CCCCCCOc1ccc(C=CC(=O)OC)cc1. The summed E-state index contributed by atoms with van der Waals surface area (Å²) in [7, 11) is 1.36. The lowest BCUT2D eigenvalue weighted by molar-refractivity contribution is -0.140. The van der Waals surface area contributed by atoms with Crippen LogP contribution in [0.5, 0.6) is 5.75 Å². The Kier molecular flexibility index (Phi) is 17.2. The van der Waals surface area contributed by atoms with E-state index in [0.717, 1.165) is 49.8 Å². The van der Waals surface area contributed by atoms with Crippen LogP contribution in [0, 0.1) is 5.92 Å². The van der Waals surface area contributed by atoms with Crippen LogP contribution < -0.4 is 4.74 Å². The Morgan fingerprint density at radius 2 is 1.51 bits per heavy atom. The van der Waals surface area contributed by atoms with E-state index < -0.39 is 0 Å². The maximum Gasteiger partial charge on any atom is 0.333 e. The average molecular weight is 487 g/mol. The summed E-state index contributed by atoms with van der Waals surface area (Å²) in [6.07, 6.45) is 17.5. The molecule has 0 aliphatic rings. The van der Waals surface area contributed by atoms with Crippen molar-refractivity contribution in [1.29, 1.82) is 0 Å². The number of carbonyl (C=O) groups excluding carboxylic acids is 2. The molecule has 0 heterocycles. The molecule has 0 aliphatic heterocycles. The first-order valence-electron chi connectivity index (χ1n) is 13.3. The highest BCUT2D eigenvalue weighted by molar-refractivity contribution is 5.87. The van der Waals surface area contributed by atoms with Crippen molar-refractivity contribution >= 4 is 18.0 Å². The highest BCUT2D eigenvalue weighted by Gasteiger charge is 2.12. The molecule has 5 nitrogen and oxygen atoms in total. The smallest absolute Gasteiger partial charge is 0.333 e. The second-order valence-corrected chi connectivity index (χ2v) is 9.28. The Morgan fingerprint density at radius 3 is 2.11 bits per heavy atom. The lowest BCUT2D eigenvalue weighted by Crippen LogP contribution is -2.15. The van der Waals surface area contributed by atoms with Crippen LogP contribution >= 0.6 is 0 Å². The van der Waals surface area contributed by atoms with Crippen molar-refractivity contribution in [2.75, 3.05) is 20.3 Å². The van der Waals surface area contributed by atoms with Gasteiger partial charge in [0.15, 0.2) is 0 Å². The molecule has 0 radical (unpaired) electrons. The number of ether oxygens (including phenoxy) is 3. The first kappa shape index (κ1) is 30.5. The molecule has 5 heteroatoms. The molecular formula is C30H46O5. The molecule has 0 saturated carbocycles. The maximum atomic E-state index is 11.8. The van der Waals surface area contributed by atoms with E-state index in [2.05, 4.69) is 18.2 Å². The molecule has 1 aromatic rings. The highest BCUT2D eigenvalue weighted by atomic mass is 16.5. The fourth-order valence-electron chi connectivity index (χ4n) is 3.83. The maximum absolute atomic E-state index is 11.8. The zero-order valence-electron chi connectivity index (χ0n) is 22.2. The van der Waals surface area contributed by atoms with E-state index in [1.54, 1.807) is 13.0 Å². The minimum Gasteiger partial charge on any atom is -0.494 e. The fraction of sp³-hybridized carbons (Fsp3) is 0.600. The third-order valence-electron chi connectivity index (χ3n) is 6.03. The Bertz CT molecular complexity index is 751. The molecule has 196 valence electrons. The quantitative estimate of drug-likeness (QED) is 0.107. The Morgan fingerprint density at radius 1 is 0.914 bits per heavy atom. The molecule has 0 fully saturated rings. The zero-order chi connectivity index (χ0) is 25.7. The molecule has 0 amide bonds. The van der Waals surface area contributed by atoms with Crippen LogP contribution in [0.1, 0.15) is 96.5 Å². The van der Waals surface area contributed by atoms with Gasteiger partial charge in [-0.2, -0.15) is 0 Å². The van der Waals surface area contributed by atoms with E-state index in [-0.39, 0.29) is 11.9 Å². The van der Waals surface area contributed by atoms with Gasteiger partial charge in [0.25, 0.3) is 0 Å². The van der Waals surface area contributed by atoms with E-state index in [1.165, 1.54) is 51.7 Å². The Labute approximate surface area is 212 Å². The number of esters is 2. The van der Waals surface area contributed by atoms with Crippen LogP contribution in [-0.4, -0.2) is 32.3 Å². The number of hydrogen-bond acceptors (Lipinski definition) is 5. The first-order valence-corrected chi connectivity index (χ1v) is 13.3. The second-order valence-electron chi connectivity index (χ2n) is 9.28. The number of rotatable bonds is 20. The molecule has 0 aromatic heterocycles. The van der Waals surface area contributed by atoms with Gasteiger partial charge in [0.1, 0.15) is 5.75 Å². The van der Waals surface area contributed by atoms with Gasteiger partial charge in [0.05, 0.1) is 20.3 Å². The summed E-state index contributed by atoms with van der Waals surface area (Å²) in [5.41, 5.74) is 1.39. The van der Waals surface area contributed by atoms with Gasteiger partial charge in [0, 0.05) is 11.6 Å². The van der Waals surface area contributed by atoms with E-state index in [0.29, 0.717) is 24.7 Å². The summed E-state index contributed by atoms with van der Waals surface area (Å²) in [4.78, 5) is 23.0. The van der Waals surface area contributed by atoms with Crippen LogP contribution in [0.2, 0.25) is 0 Å². The van der Waals surface area contributed by atoms with Crippen molar-refractivity contribution in [3.05, 3.63) is 48.1 Å². The lowest BCUT2D eigenvalue weighted by atomic mass is 9.95. The first-order chi connectivity index (χ1) is 17.0. The summed E-state index contributed by atoms with van der Waals surface area (Å²) in [5.74, 6) is 0.626. The van der Waals surface area contributed by atoms with Gasteiger partial charge in [-0.1, -0.05) is 83.4 Å². The van der Waals surface area contributed by atoms with Gasteiger partial charge in [-0.3, -0.25) is 0 Å². The number of hydrogen-bond donors (Lipinski definition) is 0. The normalized spacial score (nSPS) is 11.9. The van der Waals surface area contributed by atoms with Crippen molar-refractivity contribution in [3.63, 3.8) is 0 Å². The molecule has 0 spiro atoms. The number of benzene rings is 1. The number of carbonyl (C=O) groups is 2. The standard InChI is InChI=1S/C30H46O5/c1-5-6-7-8-9-12-15-27(24-35-30(32)25(2)3)16-13-10-11-14-23-34-28-20-17-26(18-21-28)19-22-29(31)33-4/h17-22,27H,2,5-16,23-24H2,1,3-4H3. The van der Waals surface area contributed by atoms with Gasteiger partial charge in [-0.25, -0.2) is 9.59 Å². The lowest BCUT2D eigenvalue weighted by Gasteiger charge is -2.17. The summed E-state index contributed by atoms with van der Waals surface area (Å²) >= 11 is 0. The third-order valence-corrected chi connectivity index (χ3v) is 6.03. The van der Waals surface area contributed by atoms with E-state index in [9.17, 15) is 9.59 Å². The van der Waals surface area contributed by atoms with Gasteiger partial charge >= 0.3 is 11.9 Å². The van der Waals surface area contributed by atoms with E-state index in [4.69, 9.17) is 9.47 Å². The minimum absolute atomic E-state index is 0.275. The van der Waals surface area contributed by atoms with Crippen LogP contribution in [0.4, 0.5) is 0 Å². The molecule has 0 aliphatic carbocycles. The third kappa shape index (κ3) is 15.9. The molecule has 0 saturated heterocycles. The van der Waals surface area contributed by atoms with Crippen LogP contribution in [0.25, 0.3) is 6.08 Å². The predicted molar refractivity (Wildman–Crippen MR) is 143 cm³/mol. The van der Waals surface area contributed by atoms with Crippen molar-refractivity contribution in [3.8, 4) is 5.75 Å².